The van der Waals surface area contributed by atoms with E-state index >= 15 is 0 Å². The topological polar surface area (TPSA) is 29.9 Å². The first kappa shape index (κ1) is 10.6. The molecule has 0 radical (unpaired) electrons. The second kappa shape index (κ2) is 4.33. The normalized spacial score (nSPS) is 11.1. The molecule has 4 heteroatoms. The predicted molar refractivity (Wildman–Crippen MR) is 65.9 cm³/mol. The Labute approximate surface area is 97.6 Å². The van der Waals surface area contributed by atoms with Gasteiger partial charge in [-0.1, -0.05) is 6.07 Å². The van der Waals surface area contributed by atoms with Crippen molar-refractivity contribution in [1.82, 2.24) is 15.1 Å². The van der Waals surface area contributed by atoms with E-state index in [4.69, 9.17) is 0 Å². The molecule has 0 bridgehead atoms. The second-order valence-corrected chi connectivity index (χ2v) is 4.24. The van der Waals surface area contributed by atoms with E-state index in [0.717, 1.165) is 17.7 Å². The molecular weight excluding hydrogens is 254 g/mol. The number of halogens is 1. The Hall–Kier alpha value is -0.870. The molecule has 3 nitrogen and oxygen atoms in total. The molecule has 0 saturated carbocycles. The van der Waals surface area contributed by atoms with Gasteiger partial charge in [-0.3, -0.25) is 4.68 Å². The predicted octanol–water partition coefficient (Wildman–Crippen LogP) is 2.54. The molecule has 1 aromatic carbocycles. The summed E-state index contributed by atoms with van der Waals surface area (Å²) in [6.07, 6.45) is 0. The summed E-state index contributed by atoms with van der Waals surface area (Å²) >= 11 is 3.49. The van der Waals surface area contributed by atoms with Crippen molar-refractivity contribution in [3.63, 3.8) is 0 Å². The SMILES string of the molecule is CCn1nc(Br)c2cc(CNC)ccc21. The number of nitrogens with one attached hydrogen (secondary N) is 1. The molecule has 1 aromatic heterocycles. The van der Waals surface area contributed by atoms with Crippen molar-refractivity contribution in [2.24, 2.45) is 0 Å². The lowest BCUT2D eigenvalue weighted by atomic mass is 10.1. The first-order valence-corrected chi connectivity index (χ1v) is 5.85. The molecule has 0 aliphatic carbocycles. The fourth-order valence-corrected chi connectivity index (χ4v) is 2.25. The van der Waals surface area contributed by atoms with Gasteiger partial charge in [-0.2, -0.15) is 5.10 Å². The Bertz CT molecular complexity index is 476. The van der Waals surface area contributed by atoms with Gasteiger partial charge in [0.25, 0.3) is 0 Å². The van der Waals surface area contributed by atoms with E-state index < -0.39 is 0 Å². The Kier molecular flexibility index (Phi) is 3.07. The number of aromatic nitrogens is 2. The van der Waals surface area contributed by atoms with Crippen LogP contribution in [0.5, 0.6) is 0 Å². The van der Waals surface area contributed by atoms with Crippen LogP contribution in [-0.2, 0) is 13.1 Å². The third kappa shape index (κ3) is 1.92. The zero-order valence-electron chi connectivity index (χ0n) is 8.92. The maximum atomic E-state index is 4.42. The van der Waals surface area contributed by atoms with Crippen molar-refractivity contribution in [2.45, 2.75) is 20.0 Å². The zero-order chi connectivity index (χ0) is 10.8. The average molecular weight is 268 g/mol. The monoisotopic (exact) mass is 267 g/mol. The maximum Gasteiger partial charge on any atom is 0.136 e. The van der Waals surface area contributed by atoms with Crippen molar-refractivity contribution in [3.05, 3.63) is 28.4 Å². The number of aryl methyl sites for hydroxylation is 1. The summed E-state index contributed by atoms with van der Waals surface area (Å²) in [7, 11) is 1.95. The minimum Gasteiger partial charge on any atom is -0.316 e. The molecule has 2 aromatic rings. The lowest BCUT2D eigenvalue weighted by Crippen LogP contribution is -2.04. The maximum absolute atomic E-state index is 4.42. The molecule has 0 spiro atoms. The Morgan fingerprint density at radius 3 is 2.93 bits per heavy atom. The molecule has 1 heterocycles. The minimum atomic E-state index is 0.889. The quantitative estimate of drug-likeness (QED) is 0.927. The van der Waals surface area contributed by atoms with E-state index in [1.807, 2.05) is 11.7 Å². The molecule has 0 aliphatic heterocycles. The van der Waals surface area contributed by atoms with Gasteiger partial charge in [-0.25, -0.2) is 0 Å². The van der Waals surface area contributed by atoms with E-state index in [1.165, 1.54) is 16.5 Å². The van der Waals surface area contributed by atoms with Crippen molar-refractivity contribution in [2.75, 3.05) is 7.05 Å². The zero-order valence-corrected chi connectivity index (χ0v) is 10.5. The third-order valence-electron chi connectivity index (χ3n) is 2.45. The van der Waals surface area contributed by atoms with E-state index in [2.05, 4.69) is 51.5 Å². The lowest BCUT2D eigenvalue weighted by molar-refractivity contribution is 0.678. The van der Waals surface area contributed by atoms with Crippen molar-refractivity contribution in [1.29, 1.82) is 0 Å². The molecule has 15 heavy (non-hydrogen) atoms. The highest BCUT2D eigenvalue weighted by Gasteiger charge is 2.07. The van der Waals surface area contributed by atoms with Gasteiger partial charge in [0.05, 0.1) is 5.52 Å². The van der Waals surface area contributed by atoms with Crippen LogP contribution in [0.4, 0.5) is 0 Å². The Morgan fingerprint density at radius 2 is 2.27 bits per heavy atom. The van der Waals surface area contributed by atoms with Crippen LogP contribution in [0.2, 0.25) is 0 Å². The van der Waals surface area contributed by atoms with Gasteiger partial charge >= 0.3 is 0 Å². The van der Waals surface area contributed by atoms with Crippen LogP contribution in [0.1, 0.15) is 12.5 Å². The fraction of sp³-hybridized carbons (Fsp3) is 0.364. The highest BCUT2D eigenvalue weighted by atomic mass is 79.9. The lowest BCUT2D eigenvalue weighted by Gasteiger charge is -2.01. The summed E-state index contributed by atoms with van der Waals surface area (Å²) in [4.78, 5) is 0. The summed E-state index contributed by atoms with van der Waals surface area (Å²) in [6.45, 7) is 3.88. The molecule has 0 aliphatic rings. The van der Waals surface area contributed by atoms with Crippen LogP contribution >= 0.6 is 15.9 Å². The minimum absolute atomic E-state index is 0.889. The summed E-state index contributed by atoms with van der Waals surface area (Å²) in [5, 5.41) is 8.75. The molecule has 0 amide bonds. The number of benzene rings is 1. The molecular formula is C11H14BrN3. The molecule has 0 unspecified atom stereocenters. The molecule has 0 fully saturated rings. The summed E-state index contributed by atoms with van der Waals surface area (Å²) in [5.41, 5.74) is 2.46. The van der Waals surface area contributed by atoms with Gasteiger partial charge < -0.3 is 5.32 Å². The molecule has 0 atom stereocenters. The van der Waals surface area contributed by atoms with Gasteiger partial charge in [-0.05, 0) is 47.6 Å². The molecule has 1 N–H and O–H groups in total. The largest absolute Gasteiger partial charge is 0.316 e. The van der Waals surface area contributed by atoms with Crippen molar-refractivity contribution >= 4 is 26.8 Å². The smallest absolute Gasteiger partial charge is 0.136 e. The highest BCUT2D eigenvalue weighted by molar-refractivity contribution is 9.10. The number of rotatable bonds is 3. The van der Waals surface area contributed by atoms with Gasteiger partial charge in [0.15, 0.2) is 0 Å². The highest BCUT2D eigenvalue weighted by Crippen LogP contribution is 2.24. The standard InChI is InChI=1S/C11H14BrN3/c1-3-15-10-5-4-8(7-13-2)6-9(10)11(12)14-15/h4-6,13H,3,7H2,1-2H3. The van der Waals surface area contributed by atoms with Crippen LogP contribution in [0, 0.1) is 0 Å². The van der Waals surface area contributed by atoms with Gasteiger partial charge in [0, 0.05) is 18.5 Å². The first-order chi connectivity index (χ1) is 7.26. The van der Waals surface area contributed by atoms with Crippen LogP contribution < -0.4 is 5.32 Å². The number of hydrogen-bond acceptors (Lipinski definition) is 2. The molecule has 0 saturated heterocycles. The number of nitrogens with zero attached hydrogens (tertiary/aromatic N) is 2. The molecule has 2 rings (SSSR count). The first-order valence-electron chi connectivity index (χ1n) is 5.05. The van der Waals surface area contributed by atoms with E-state index in [-0.39, 0.29) is 0 Å². The van der Waals surface area contributed by atoms with Gasteiger partial charge in [0.2, 0.25) is 0 Å². The van der Waals surface area contributed by atoms with Crippen LogP contribution in [0.25, 0.3) is 10.9 Å². The Balaban J connectivity index is 2.56. The Morgan fingerprint density at radius 1 is 1.47 bits per heavy atom. The average Bonchev–Trinajstić information content (AvgIpc) is 2.56. The van der Waals surface area contributed by atoms with Crippen LogP contribution in [-0.4, -0.2) is 16.8 Å². The fourth-order valence-electron chi connectivity index (χ4n) is 1.74. The summed E-state index contributed by atoms with van der Waals surface area (Å²) < 4.78 is 2.93. The number of hydrogen-bond donors (Lipinski definition) is 1. The van der Waals surface area contributed by atoms with Crippen LogP contribution in [0.3, 0.4) is 0 Å². The summed E-state index contributed by atoms with van der Waals surface area (Å²) in [5.74, 6) is 0. The number of fused-ring (bicyclic) bond motifs is 1. The van der Waals surface area contributed by atoms with Gasteiger partial charge in [-0.15, -0.1) is 0 Å². The van der Waals surface area contributed by atoms with Crippen molar-refractivity contribution in [3.8, 4) is 0 Å². The van der Waals surface area contributed by atoms with Gasteiger partial charge in [0.1, 0.15) is 4.60 Å². The van der Waals surface area contributed by atoms with Crippen LogP contribution in [0.15, 0.2) is 22.8 Å². The second-order valence-electron chi connectivity index (χ2n) is 3.49. The van der Waals surface area contributed by atoms with Crippen molar-refractivity contribution < 1.29 is 0 Å². The van der Waals surface area contributed by atoms with E-state index in [0.29, 0.717) is 0 Å². The van der Waals surface area contributed by atoms with E-state index in [1.54, 1.807) is 0 Å². The third-order valence-corrected chi connectivity index (χ3v) is 3.04. The summed E-state index contributed by atoms with van der Waals surface area (Å²) in [6, 6.07) is 6.44. The molecule has 80 valence electrons. The van der Waals surface area contributed by atoms with E-state index in [9.17, 15) is 0 Å².